The van der Waals surface area contributed by atoms with Crippen molar-refractivity contribution in [2.45, 2.75) is 64.9 Å². The largest absolute Gasteiger partial charge is 0.493 e. The number of benzene rings is 1. The molecular formula is C24H38N2O4. The lowest BCUT2D eigenvalue weighted by Crippen LogP contribution is -2.51. The van der Waals surface area contributed by atoms with Crippen LogP contribution in [0, 0.1) is 17.7 Å². The Balaban J connectivity index is 2.38. The van der Waals surface area contributed by atoms with Gasteiger partial charge in [0.15, 0.2) is 11.5 Å². The van der Waals surface area contributed by atoms with Gasteiger partial charge >= 0.3 is 5.97 Å². The molecule has 3 unspecified atom stereocenters. The van der Waals surface area contributed by atoms with Crippen LogP contribution in [0.2, 0.25) is 0 Å². The van der Waals surface area contributed by atoms with Gasteiger partial charge in [0.05, 0.1) is 25.1 Å². The van der Waals surface area contributed by atoms with Crippen molar-refractivity contribution < 1.29 is 45.0 Å². The molecule has 0 saturated carbocycles. The second kappa shape index (κ2) is 9.56. The third kappa shape index (κ3) is 4.75. The number of piperidine rings is 1. The van der Waals surface area contributed by atoms with Crippen LogP contribution < -0.4 is 15.2 Å². The van der Waals surface area contributed by atoms with Crippen molar-refractivity contribution in [1.82, 2.24) is 4.90 Å². The molecule has 0 aromatic heterocycles. The van der Waals surface area contributed by atoms with Crippen LogP contribution in [0.1, 0.15) is 83.6 Å². The van der Waals surface area contributed by atoms with Crippen LogP contribution in [-0.4, -0.2) is 50.2 Å². The van der Waals surface area contributed by atoms with Gasteiger partial charge in [-0.15, -0.1) is 0 Å². The number of hydrogen-bond acceptors (Lipinski definition) is 6. The fourth-order valence-electron chi connectivity index (χ4n) is 3.46. The van der Waals surface area contributed by atoms with Crippen LogP contribution in [0.5, 0.6) is 11.5 Å². The van der Waals surface area contributed by atoms with Gasteiger partial charge < -0.3 is 19.9 Å². The summed E-state index contributed by atoms with van der Waals surface area (Å²) in [5.74, 6) is -9.55. The summed E-state index contributed by atoms with van der Waals surface area (Å²) in [5.41, 5.74) is 3.94. The van der Waals surface area contributed by atoms with Crippen molar-refractivity contribution >= 4 is 5.97 Å². The van der Waals surface area contributed by atoms with Gasteiger partial charge in [-0.1, -0.05) is 27.6 Å². The molecule has 4 atom stereocenters. The van der Waals surface area contributed by atoms with Crippen LogP contribution >= 0.6 is 0 Å². The molecule has 2 N–H and O–H groups in total. The summed E-state index contributed by atoms with van der Waals surface area (Å²) in [6.07, 6.45) is -7.33. The Morgan fingerprint density at radius 1 is 1.43 bits per heavy atom. The number of ether oxygens (including phenoxy) is 3. The number of carbonyl (C=O) groups excluding carboxylic acids is 1. The van der Waals surface area contributed by atoms with Crippen molar-refractivity contribution in [2.75, 3.05) is 27.2 Å². The van der Waals surface area contributed by atoms with E-state index in [9.17, 15) is 7.54 Å². The summed E-state index contributed by atoms with van der Waals surface area (Å²) < 4.78 is 173. The number of esters is 1. The first kappa shape index (κ1) is 8.62. The summed E-state index contributed by atoms with van der Waals surface area (Å²) in [5, 5.41) is 0. The first-order valence-corrected chi connectivity index (χ1v) is 9.31. The van der Waals surface area contributed by atoms with E-state index in [1.807, 2.05) is 0 Å². The van der Waals surface area contributed by atoms with Crippen LogP contribution in [0.4, 0.5) is 0 Å². The lowest BCUT2D eigenvalue weighted by atomic mass is 9.79. The molecular weight excluding hydrogens is 380 g/mol. The number of rotatable bonds is 7. The maximum Gasteiger partial charge on any atom is 0.323 e. The molecule has 1 aromatic carbocycles. The van der Waals surface area contributed by atoms with Crippen molar-refractivity contribution in [2.24, 2.45) is 23.5 Å². The highest BCUT2D eigenvalue weighted by Gasteiger charge is 2.41. The Bertz CT molecular complexity index is 1460. The quantitative estimate of drug-likeness (QED) is 0.658. The molecule has 0 spiro atoms. The van der Waals surface area contributed by atoms with E-state index in [-0.39, 0.29) is 12.3 Å². The molecule has 2 aliphatic rings. The first-order valence-electron chi connectivity index (χ1n) is 18.8. The molecule has 1 aromatic rings. The van der Waals surface area contributed by atoms with Crippen molar-refractivity contribution in [3.63, 3.8) is 0 Å². The number of nitrogens with zero attached hydrogens (tertiary/aromatic N) is 1. The zero-order valence-electron chi connectivity index (χ0n) is 35.9. The summed E-state index contributed by atoms with van der Waals surface area (Å²) in [4.78, 5) is 14.3. The topological polar surface area (TPSA) is 74.0 Å². The Morgan fingerprint density at radius 2 is 2.20 bits per heavy atom. The van der Waals surface area contributed by atoms with E-state index in [4.69, 9.17) is 43.2 Å². The van der Waals surface area contributed by atoms with Crippen molar-refractivity contribution in [1.29, 1.82) is 0 Å². The minimum Gasteiger partial charge on any atom is -0.493 e. The van der Waals surface area contributed by atoms with Crippen LogP contribution in [0.15, 0.2) is 12.1 Å². The highest BCUT2D eigenvalue weighted by molar-refractivity contribution is 5.76. The molecule has 2 aliphatic heterocycles. The number of carbonyl (C=O) groups is 1. The molecule has 1 fully saturated rings. The molecule has 0 aliphatic carbocycles. The molecule has 0 radical (unpaired) electrons. The van der Waals surface area contributed by atoms with Crippen LogP contribution in [0.3, 0.4) is 0 Å². The normalized spacial score (nSPS) is 45.1. The van der Waals surface area contributed by atoms with Crippen LogP contribution in [-0.2, 0) is 15.9 Å². The lowest BCUT2D eigenvalue weighted by molar-refractivity contribution is -0.160. The number of hydrogen-bond donors (Lipinski definition) is 1. The van der Waals surface area contributed by atoms with Gasteiger partial charge in [0.1, 0.15) is 12.1 Å². The summed E-state index contributed by atoms with van der Waals surface area (Å²) in [6, 6.07) is -8.70. The lowest BCUT2D eigenvalue weighted by Gasteiger charge is -2.47. The monoisotopic (exact) mass is 437 g/mol. The summed E-state index contributed by atoms with van der Waals surface area (Å²) in [6.45, 7) is -8.42. The van der Waals surface area contributed by atoms with Gasteiger partial charge in [0.25, 0.3) is 0 Å². The first-order chi connectivity index (χ1) is 21.6. The van der Waals surface area contributed by atoms with E-state index >= 15 is 0 Å². The zero-order chi connectivity index (χ0) is 38.5. The molecule has 6 heteroatoms. The fourth-order valence-corrected chi connectivity index (χ4v) is 3.46. The summed E-state index contributed by atoms with van der Waals surface area (Å²) in [7, 11) is -2.29. The maximum atomic E-state index is 13.6. The maximum absolute atomic E-state index is 13.6. The highest BCUT2D eigenvalue weighted by Crippen LogP contribution is 2.44. The van der Waals surface area contributed by atoms with Crippen LogP contribution in [0.25, 0.3) is 0 Å². The van der Waals surface area contributed by atoms with Crippen molar-refractivity contribution in [3.05, 3.63) is 23.2 Å². The van der Waals surface area contributed by atoms with E-state index in [1.54, 1.807) is 13.8 Å². The van der Waals surface area contributed by atoms with E-state index < -0.39 is 117 Å². The fraction of sp³-hybridized carbons (Fsp3) is 0.708. The van der Waals surface area contributed by atoms with Gasteiger partial charge in [-0.05, 0) is 47.8 Å². The van der Waals surface area contributed by atoms with Gasteiger partial charge in [-0.3, -0.25) is 9.69 Å². The minimum absolute atomic E-state index is 0.0957. The molecule has 0 bridgehead atoms. The standard InChI is InChI=1S/C24H38N2O4/c1-14(2)9-17-13-26-8-7-16-10-21(28-5)22(29-6)11-18(16)19(26)12-20(17)30-24(27)23(25)15(3)4/h10-11,14-15,17,19-20,23H,7-9,12-13,25H2,1-6H3/t17?,19?,20?,23-/m0/s1/i3D3,4D3,5D3,7D2,8D2,10D,11D,15D,19D,20D,23D. The summed E-state index contributed by atoms with van der Waals surface area (Å²) >= 11 is 0. The Labute approximate surface area is 207 Å². The predicted octanol–water partition coefficient (Wildman–Crippen LogP) is 3.56. The minimum atomic E-state index is -4.00. The zero-order valence-corrected chi connectivity index (χ0v) is 16.9. The average Bonchev–Trinajstić information content (AvgIpc) is 2.88. The number of methoxy groups -OCH3 is 2. The van der Waals surface area contributed by atoms with Gasteiger partial charge in [-0.2, -0.15) is 0 Å². The van der Waals surface area contributed by atoms with Gasteiger partial charge in [0.2, 0.25) is 0 Å². The molecule has 3 rings (SSSR count). The molecule has 0 amide bonds. The number of fused-ring (bicyclic) bond motifs is 3. The van der Waals surface area contributed by atoms with Gasteiger partial charge in [-0.25, -0.2) is 0 Å². The number of nitrogens with two attached hydrogens (primary N) is 1. The second-order valence-electron chi connectivity index (χ2n) is 7.41. The SMILES string of the molecule is [2H]c1c(OC)c(OC([2H])([2H])[2H])c([2H])c2c1C1([2H])CC([2H])(OC(=O)[C@@]([2H])(N)C([2H])(C([2H])([2H])[2H])C([2H])([2H])[2H])C(CC(C)C)CN1C([2H])([2H])C2([2H])[2H]. The second-order valence-corrected chi connectivity index (χ2v) is 7.41. The molecule has 1 saturated heterocycles. The predicted molar refractivity (Wildman–Crippen MR) is 118 cm³/mol. The molecule has 30 heavy (non-hydrogen) atoms. The Morgan fingerprint density at radius 3 is 2.87 bits per heavy atom. The third-order valence-corrected chi connectivity index (χ3v) is 4.84. The van der Waals surface area contributed by atoms with E-state index in [0.29, 0.717) is 4.90 Å². The van der Waals surface area contributed by atoms with Crippen molar-refractivity contribution in [3.8, 4) is 11.5 Å². The average molecular weight is 438 g/mol. The molecule has 168 valence electrons. The van der Waals surface area contributed by atoms with E-state index in [0.717, 1.165) is 7.11 Å². The van der Waals surface area contributed by atoms with E-state index in [2.05, 4.69) is 0 Å². The third-order valence-electron chi connectivity index (χ3n) is 4.84. The van der Waals surface area contributed by atoms with Gasteiger partial charge in [0, 0.05) is 46.5 Å². The molecule has 2 heterocycles. The highest BCUT2D eigenvalue weighted by atomic mass is 16.5. The molecule has 6 nitrogen and oxygen atoms in total. The Hall–Kier alpha value is -1.79. The smallest absolute Gasteiger partial charge is 0.323 e. The Kier molecular flexibility index (Phi) is 2.75. The van der Waals surface area contributed by atoms with E-state index in [1.165, 1.54) is 0 Å².